The Kier molecular flexibility index (Phi) is 5.52. The zero-order chi connectivity index (χ0) is 20.9. The zero-order valence-corrected chi connectivity index (χ0v) is 16.7. The smallest absolute Gasteiger partial charge is 0.222 e. The van der Waals surface area contributed by atoms with Crippen molar-refractivity contribution < 1.29 is 0 Å². The fourth-order valence-corrected chi connectivity index (χ4v) is 3.13. The van der Waals surface area contributed by atoms with Gasteiger partial charge in [-0.05, 0) is 48.4 Å². The molecular weight excluding hydrogens is 374 g/mol. The molecule has 0 aliphatic heterocycles. The van der Waals surface area contributed by atoms with E-state index in [0.717, 1.165) is 39.1 Å². The highest BCUT2D eigenvalue weighted by Crippen LogP contribution is 2.23. The van der Waals surface area contributed by atoms with Crippen molar-refractivity contribution in [2.24, 2.45) is 4.99 Å². The van der Waals surface area contributed by atoms with Gasteiger partial charge >= 0.3 is 0 Å². The predicted molar refractivity (Wildman–Crippen MR) is 122 cm³/mol. The lowest BCUT2D eigenvalue weighted by atomic mass is 10.1. The molecule has 5 N–H and O–H groups in total. The number of benzene rings is 2. The number of hydrogen-bond acceptors (Lipinski definition) is 7. The van der Waals surface area contributed by atoms with Crippen LogP contribution in [0.3, 0.4) is 0 Å². The molecule has 7 heteroatoms. The van der Waals surface area contributed by atoms with Crippen LogP contribution in [-0.2, 0) is 13.1 Å². The minimum absolute atomic E-state index is 0.180. The number of pyridine rings is 1. The molecule has 0 amide bonds. The molecule has 4 rings (SSSR count). The minimum atomic E-state index is 0.180. The summed E-state index contributed by atoms with van der Waals surface area (Å²) in [5.74, 6) is 0.561. The largest absolute Gasteiger partial charge is 0.383 e. The Balaban J connectivity index is 1.40. The normalized spacial score (nSPS) is 11.6. The number of nitrogens with two attached hydrogens (primary N) is 2. The molecule has 150 valence electrons. The Morgan fingerprint density at radius 2 is 1.83 bits per heavy atom. The van der Waals surface area contributed by atoms with Crippen molar-refractivity contribution >= 4 is 34.1 Å². The van der Waals surface area contributed by atoms with E-state index < -0.39 is 0 Å². The Labute approximate surface area is 174 Å². The van der Waals surface area contributed by atoms with Gasteiger partial charge < -0.3 is 16.8 Å². The molecule has 0 saturated carbocycles. The van der Waals surface area contributed by atoms with E-state index >= 15 is 0 Å². The molecule has 2 aromatic carbocycles. The van der Waals surface area contributed by atoms with Crippen LogP contribution in [0, 0.1) is 0 Å². The first-order chi connectivity index (χ1) is 14.6. The molecule has 0 spiro atoms. The third-order valence-electron chi connectivity index (χ3n) is 4.82. The summed E-state index contributed by atoms with van der Waals surface area (Å²) < 4.78 is 0. The maximum atomic E-state index is 5.97. The molecule has 7 nitrogen and oxygen atoms in total. The summed E-state index contributed by atoms with van der Waals surface area (Å²) in [6.45, 7) is 3.28. The monoisotopic (exact) mass is 397 g/mol. The van der Waals surface area contributed by atoms with Crippen molar-refractivity contribution in [3.63, 3.8) is 0 Å². The lowest BCUT2D eigenvalue weighted by Gasteiger charge is -2.09. The third-order valence-corrected chi connectivity index (χ3v) is 4.82. The highest BCUT2D eigenvalue weighted by atomic mass is 15.0. The van der Waals surface area contributed by atoms with Gasteiger partial charge in [-0.1, -0.05) is 30.3 Å². The summed E-state index contributed by atoms with van der Waals surface area (Å²) in [5.41, 5.74) is 17.5. The Morgan fingerprint density at radius 1 is 1.00 bits per heavy atom. The van der Waals surface area contributed by atoms with E-state index in [9.17, 15) is 0 Å². The van der Waals surface area contributed by atoms with Crippen LogP contribution in [0.1, 0.15) is 23.7 Å². The van der Waals surface area contributed by atoms with E-state index in [2.05, 4.69) is 49.5 Å². The van der Waals surface area contributed by atoms with Gasteiger partial charge in [0, 0.05) is 29.5 Å². The van der Waals surface area contributed by atoms with E-state index in [0.29, 0.717) is 18.9 Å². The fraction of sp³-hybridized carbons (Fsp3) is 0.130. The second kappa shape index (κ2) is 8.57. The van der Waals surface area contributed by atoms with Gasteiger partial charge in [-0.15, -0.1) is 0 Å². The standard InChI is InChI=1S/C23H23N7/c1-15(27-14-19-4-2-3-11-26-19)17-7-5-16(6-8-17)13-28-18-9-10-21-20(12-18)22(24)30-23(25)29-21/h2-12,28H,13-14H2,1H3,(H4,24,25,29,30). The highest BCUT2D eigenvalue weighted by molar-refractivity contribution is 5.98. The van der Waals surface area contributed by atoms with Crippen LogP contribution in [0.5, 0.6) is 0 Å². The maximum Gasteiger partial charge on any atom is 0.222 e. The quantitative estimate of drug-likeness (QED) is 0.426. The third kappa shape index (κ3) is 4.52. The van der Waals surface area contributed by atoms with E-state index in [1.165, 1.54) is 0 Å². The lowest BCUT2D eigenvalue weighted by molar-refractivity contribution is 0.988. The molecule has 30 heavy (non-hydrogen) atoms. The molecule has 0 atom stereocenters. The first kappa shape index (κ1) is 19.3. The van der Waals surface area contributed by atoms with Crippen LogP contribution in [-0.4, -0.2) is 20.7 Å². The molecule has 2 heterocycles. The van der Waals surface area contributed by atoms with Gasteiger partial charge in [0.15, 0.2) is 0 Å². The van der Waals surface area contributed by atoms with Crippen molar-refractivity contribution in [2.45, 2.75) is 20.0 Å². The number of nitrogens with one attached hydrogen (secondary N) is 1. The number of aliphatic imine (C=N–C) groups is 1. The van der Waals surface area contributed by atoms with Gasteiger partial charge in [0.2, 0.25) is 5.95 Å². The van der Waals surface area contributed by atoms with Gasteiger partial charge in [0.1, 0.15) is 5.82 Å². The maximum absolute atomic E-state index is 5.97. The van der Waals surface area contributed by atoms with Crippen molar-refractivity contribution in [3.05, 3.63) is 83.7 Å². The topological polar surface area (TPSA) is 115 Å². The molecule has 0 aliphatic rings. The number of anilines is 3. The summed E-state index contributed by atoms with van der Waals surface area (Å²) >= 11 is 0. The minimum Gasteiger partial charge on any atom is -0.383 e. The Morgan fingerprint density at radius 3 is 2.60 bits per heavy atom. The van der Waals surface area contributed by atoms with E-state index in [-0.39, 0.29) is 5.95 Å². The molecule has 0 unspecified atom stereocenters. The molecule has 0 fully saturated rings. The molecule has 0 aliphatic carbocycles. The van der Waals surface area contributed by atoms with Crippen LogP contribution in [0.25, 0.3) is 10.9 Å². The molecule has 2 aromatic heterocycles. The van der Waals surface area contributed by atoms with Crippen LogP contribution in [0.15, 0.2) is 71.9 Å². The second-order valence-corrected chi connectivity index (χ2v) is 6.97. The highest BCUT2D eigenvalue weighted by Gasteiger charge is 2.05. The summed E-state index contributed by atoms with van der Waals surface area (Å²) in [4.78, 5) is 17.2. The summed E-state index contributed by atoms with van der Waals surface area (Å²) in [5, 5.41) is 4.19. The summed E-state index contributed by atoms with van der Waals surface area (Å²) in [6, 6.07) is 20.0. The van der Waals surface area contributed by atoms with Crippen molar-refractivity contribution in [2.75, 3.05) is 16.8 Å². The number of nitrogens with zero attached hydrogens (tertiary/aromatic N) is 4. The second-order valence-electron chi connectivity index (χ2n) is 6.97. The van der Waals surface area contributed by atoms with Gasteiger partial charge in [0.05, 0.1) is 17.8 Å². The van der Waals surface area contributed by atoms with Crippen molar-refractivity contribution in [1.82, 2.24) is 15.0 Å². The van der Waals surface area contributed by atoms with Crippen molar-refractivity contribution in [1.29, 1.82) is 0 Å². The van der Waals surface area contributed by atoms with E-state index in [4.69, 9.17) is 11.5 Å². The number of rotatable bonds is 6. The number of aromatic nitrogens is 3. The zero-order valence-electron chi connectivity index (χ0n) is 16.7. The van der Waals surface area contributed by atoms with Crippen LogP contribution in [0.2, 0.25) is 0 Å². The molecule has 0 saturated heterocycles. The number of hydrogen-bond donors (Lipinski definition) is 3. The predicted octanol–water partition coefficient (Wildman–Crippen LogP) is 3.81. The average Bonchev–Trinajstić information content (AvgIpc) is 2.77. The van der Waals surface area contributed by atoms with Crippen molar-refractivity contribution in [3.8, 4) is 0 Å². The van der Waals surface area contributed by atoms with Gasteiger partial charge in [0.25, 0.3) is 0 Å². The molecule has 0 radical (unpaired) electrons. The van der Waals surface area contributed by atoms with E-state index in [1.54, 1.807) is 6.20 Å². The van der Waals surface area contributed by atoms with Gasteiger partial charge in [-0.2, -0.15) is 4.98 Å². The van der Waals surface area contributed by atoms with E-state index in [1.807, 2.05) is 43.3 Å². The molecule has 4 aromatic rings. The molecule has 0 bridgehead atoms. The van der Waals surface area contributed by atoms with Crippen LogP contribution >= 0.6 is 0 Å². The SMILES string of the molecule is CC(=NCc1ccccn1)c1ccc(CNc2ccc3nc(N)nc(N)c3c2)cc1. The first-order valence-corrected chi connectivity index (χ1v) is 9.65. The summed E-state index contributed by atoms with van der Waals surface area (Å²) in [7, 11) is 0. The lowest BCUT2D eigenvalue weighted by Crippen LogP contribution is -2.03. The van der Waals surface area contributed by atoms with Gasteiger partial charge in [-0.3, -0.25) is 9.98 Å². The molecular formula is C23H23N7. The fourth-order valence-electron chi connectivity index (χ4n) is 3.13. The first-order valence-electron chi connectivity index (χ1n) is 9.65. The Bertz CT molecular complexity index is 1190. The van der Waals surface area contributed by atoms with Crippen LogP contribution in [0.4, 0.5) is 17.5 Å². The summed E-state index contributed by atoms with van der Waals surface area (Å²) in [6.07, 6.45) is 1.79. The van der Waals surface area contributed by atoms with Gasteiger partial charge in [-0.25, -0.2) is 4.98 Å². The number of nitrogen functional groups attached to an aromatic ring is 2. The average molecular weight is 397 g/mol. The Hall–Kier alpha value is -4.00. The van der Waals surface area contributed by atoms with Crippen LogP contribution < -0.4 is 16.8 Å². The number of fused-ring (bicyclic) bond motifs is 1.